The largest absolute Gasteiger partial charge is 0.333 e. The molecule has 0 fully saturated rings. The zero-order chi connectivity index (χ0) is 13.1. The summed E-state index contributed by atoms with van der Waals surface area (Å²) in [5.74, 6) is 0. The standard InChI is InChI=1S/C12H16N4O2/c1-3-5-15-9-13-7-10(15)8-16-11(17)4-6-14(2)12(16)18/h4,6-7,9H,3,5,8H2,1-2H3. The average Bonchev–Trinajstić information content (AvgIpc) is 2.78. The first kappa shape index (κ1) is 12.3. The number of rotatable bonds is 4. The molecule has 6 heteroatoms. The van der Waals surface area contributed by atoms with E-state index in [9.17, 15) is 9.59 Å². The third-order valence-electron chi connectivity index (χ3n) is 2.82. The third kappa shape index (κ3) is 2.27. The maximum Gasteiger partial charge on any atom is 0.331 e. The molecular formula is C12H16N4O2. The highest BCUT2D eigenvalue weighted by atomic mass is 16.2. The molecule has 2 rings (SSSR count). The SMILES string of the molecule is CCCn1cncc1Cn1c(=O)ccn(C)c1=O. The molecule has 0 amide bonds. The highest BCUT2D eigenvalue weighted by Gasteiger charge is 2.07. The van der Waals surface area contributed by atoms with Crippen LogP contribution in [0.2, 0.25) is 0 Å². The highest BCUT2D eigenvalue weighted by Crippen LogP contribution is 2.01. The fraction of sp³-hybridized carbons (Fsp3) is 0.417. The molecule has 2 aromatic rings. The van der Waals surface area contributed by atoms with Gasteiger partial charge in [-0.15, -0.1) is 0 Å². The molecule has 0 aromatic carbocycles. The molecule has 18 heavy (non-hydrogen) atoms. The summed E-state index contributed by atoms with van der Waals surface area (Å²) in [6.45, 7) is 3.15. The Hall–Kier alpha value is -2.11. The van der Waals surface area contributed by atoms with Crippen LogP contribution in [0.1, 0.15) is 19.0 Å². The van der Waals surface area contributed by atoms with Crippen LogP contribution < -0.4 is 11.2 Å². The topological polar surface area (TPSA) is 61.8 Å². The second kappa shape index (κ2) is 5.03. The van der Waals surface area contributed by atoms with Gasteiger partial charge in [0.15, 0.2) is 0 Å². The summed E-state index contributed by atoms with van der Waals surface area (Å²) < 4.78 is 4.56. The molecular weight excluding hydrogens is 232 g/mol. The molecule has 0 saturated carbocycles. The van der Waals surface area contributed by atoms with E-state index in [4.69, 9.17) is 0 Å². The molecule has 2 heterocycles. The van der Waals surface area contributed by atoms with Crippen LogP contribution in [0, 0.1) is 0 Å². The highest BCUT2D eigenvalue weighted by molar-refractivity contribution is 5.00. The van der Waals surface area contributed by atoms with Crippen molar-refractivity contribution in [3.8, 4) is 0 Å². The fourth-order valence-electron chi connectivity index (χ4n) is 1.84. The van der Waals surface area contributed by atoms with Crippen molar-refractivity contribution < 1.29 is 0 Å². The van der Waals surface area contributed by atoms with Gasteiger partial charge in [-0.25, -0.2) is 9.78 Å². The lowest BCUT2D eigenvalue weighted by Gasteiger charge is -2.09. The van der Waals surface area contributed by atoms with Gasteiger partial charge in [-0.05, 0) is 6.42 Å². The van der Waals surface area contributed by atoms with E-state index in [1.807, 2.05) is 4.57 Å². The maximum atomic E-state index is 11.9. The molecule has 0 atom stereocenters. The van der Waals surface area contributed by atoms with Gasteiger partial charge in [-0.2, -0.15) is 0 Å². The van der Waals surface area contributed by atoms with Gasteiger partial charge in [0.1, 0.15) is 0 Å². The van der Waals surface area contributed by atoms with Crippen LogP contribution in [-0.2, 0) is 20.1 Å². The number of aryl methyl sites for hydroxylation is 2. The van der Waals surface area contributed by atoms with E-state index in [2.05, 4.69) is 11.9 Å². The van der Waals surface area contributed by atoms with E-state index in [1.165, 1.54) is 21.4 Å². The van der Waals surface area contributed by atoms with Crippen molar-refractivity contribution in [1.29, 1.82) is 0 Å². The van der Waals surface area contributed by atoms with Crippen LogP contribution >= 0.6 is 0 Å². The molecule has 0 aliphatic rings. The minimum absolute atomic E-state index is 0.256. The number of hydrogen-bond acceptors (Lipinski definition) is 3. The Balaban J connectivity index is 2.40. The smallest absolute Gasteiger partial charge is 0.331 e. The zero-order valence-corrected chi connectivity index (χ0v) is 10.5. The molecule has 0 N–H and O–H groups in total. The minimum atomic E-state index is -0.313. The predicted molar refractivity (Wildman–Crippen MR) is 67.6 cm³/mol. The summed E-state index contributed by atoms with van der Waals surface area (Å²) in [4.78, 5) is 27.6. The molecule has 0 aliphatic heterocycles. The van der Waals surface area contributed by atoms with Crippen LogP contribution in [0.5, 0.6) is 0 Å². The average molecular weight is 248 g/mol. The van der Waals surface area contributed by atoms with Gasteiger partial charge >= 0.3 is 5.69 Å². The number of aromatic nitrogens is 4. The summed E-state index contributed by atoms with van der Waals surface area (Å²) in [7, 11) is 1.63. The van der Waals surface area contributed by atoms with Gasteiger partial charge in [-0.1, -0.05) is 6.92 Å². The molecule has 96 valence electrons. The normalized spacial score (nSPS) is 10.8. The van der Waals surface area contributed by atoms with Crippen molar-refractivity contribution >= 4 is 0 Å². The van der Waals surface area contributed by atoms with Crippen molar-refractivity contribution in [2.24, 2.45) is 7.05 Å². The second-order valence-electron chi connectivity index (χ2n) is 4.21. The molecule has 0 saturated heterocycles. The third-order valence-corrected chi connectivity index (χ3v) is 2.82. The molecule has 0 aliphatic carbocycles. The van der Waals surface area contributed by atoms with E-state index in [-0.39, 0.29) is 17.8 Å². The van der Waals surface area contributed by atoms with E-state index in [0.717, 1.165) is 18.7 Å². The van der Waals surface area contributed by atoms with E-state index < -0.39 is 0 Å². The predicted octanol–water partition coefficient (Wildman–Crippen LogP) is 0.202. The number of hydrogen-bond donors (Lipinski definition) is 0. The van der Waals surface area contributed by atoms with Gasteiger partial charge in [0.25, 0.3) is 5.56 Å². The molecule has 6 nitrogen and oxygen atoms in total. The fourth-order valence-corrected chi connectivity index (χ4v) is 1.84. The van der Waals surface area contributed by atoms with E-state index in [0.29, 0.717) is 0 Å². The summed E-state index contributed by atoms with van der Waals surface area (Å²) in [5, 5.41) is 0. The first-order chi connectivity index (χ1) is 8.63. The van der Waals surface area contributed by atoms with Crippen LogP contribution in [0.15, 0.2) is 34.4 Å². The van der Waals surface area contributed by atoms with Crippen molar-refractivity contribution in [2.45, 2.75) is 26.4 Å². The Morgan fingerprint density at radius 3 is 2.83 bits per heavy atom. The second-order valence-corrected chi connectivity index (χ2v) is 4.21. The molecule has 0 spiro atoms. The molecule has 0 radical (unpaired) electrons. The summed E-state index contributed by atoms with van der Waals surface area (Å²) in [6.07, 6.45) is 5.86. The molecule has 0 unspecified atom stereocenters. The summed E-state index contributed by atoms with van der Waals surface area (Å²) >= 11 is 0. The molecule has 2 aromatic heterocycles. The Bertz CT molecular complexity index is 651. The summed E-state index contributed by atoms with van der Waals surface area (Å²) in [6, 6.07) is 1.39. The monoisotopic (exact) mass is 248 g/mol. The lowest BCUT2D eigenvalue weighted by Crippen LogP contribution is -2.38. The number of imidazole rings is 1. The van der Waals surface area contributed by atoms with Crippen LogP contribution in [-0.4, -0.2) is 18.7 Å². The molecule has 0 bridgehead atoms. The van der Waals surface area contributed by atoms with Crippen LogP contribution in [0.4, 0.5) is 0 Å². The van der Waals surface area contributed by atoms with Crippen molar-refractivity contribution in [1.82, 2.24) is 18.7 Å². The lowest BCUT2D eigenvalue weighted by atomic mass is 10.4. The van der Waals surface area contributed by atoms with Crippen LogP contribution in [0.3, 0.4) is 0 Å². The first-order valence-corrected chi connectivity index (χ1v) is 5.89. The van der Waals surface area contributed by atoms with Crippen LogP contribution in [0.25, 0.3) is 0 Å². The van der Waals surface area contributed by atoms with Crippen molar-refractivity contribution in [2.75, 3.05) is 0 Å². The quantitative estimate of drug-likeness (QED) is 0.776. The zero-order valence-electron chi connectivity index (χ0n) is 10.5. The first-order valence-electron chi connectivity index (χ1n) is 5.89. The van der Waals surface area contributed by atoms with E-state index in [1.54, 1.807) is 19.6 Å². The van der Waals surface area contributed by atoms with Gasteiger partial charge in [0.2, 0.25) is 0 Å². The van der Waals surface area contributed by atoms with Gasteiger partial charge in [0.05, 0.1) is 18.6 Å². The van der Waals surface area contributed by atoms with Crippen molar-refractivity contribution in [3.63, 3.8) is 0 Å². The van der Waals surface area contributed by atoms with E-state index >= 15 is 0 Å². The van der Waals surface area contributed by atoms with Gasteiger partial charge < -0.3 is 9.13 Å². The Kier molecular flexibility index (Phi) is 3.45. The Morgan fingerprint density at radius 2 is 2.11 bits per heavy atom. The Morgan fingerprint density at radius 1 is 1.33 bits per heavy atom. The van der Waals surface area contributed by atoms with Gasteiger partial charge in [0, 0.05) is 32.1 Å². The lowest BCUT2D eigenvalue weighted by molar-refractivity contribution is 0.584. The summed E-state index contributed by atoms with van der Waals surface area (Å²) in [5.41, 5.74) is 0.261. The minimum Gasteiger partial charge on any atom is -0.333 e. The van der Waals surface area contributed by atoms with Gasteiger partial charge in [-0.3, -0.25) is 9.36 Å². The maximum absolute atomic E-state index is 11.9. The Labute approximate surface area is 104 Å². The number of nitrogens with zero attached hydrogens (tertiary/aromatic N) is 4. The van der Waals surface area contributed by atoms with Crippen molar-refractivity contribution in [3.05, 3.63) is 51.3 Å².